The molecule has 0 bridgehead atoms. The summed E-state index contributed by atoms with van der Waals surface area (Å²) >= 11 is 6.18. The second kappa shape index (κ2) is 8.53. The zero-order valence-electron chi connectivity index (χ0n) is 16.4. The van der Waals surface area contributed by atoms with Crippen LogP contribution in [0.2, 0.25) is 5.02 Å². The van der Waals surface area contributed by atoms with Gasteiger partial charge in [-0.2, -0.15) is 5.10 Å². The Morgan fingerprint density at radius 3 is 2.55 bits per heavy atom. The molecule has 0 aromatic heterocycles. The lowest BCUT2D eigenvalue weighted by Crippen LogP contribution is -2.44. The number of benzene rings is 2. The molecule has 0 saturated carbocycles. The Labute approximate surface area is 174 Å². The lowest BCUT2D eigenvalue weighted by atomic mass is 9.93. The van der Waals surface area contributed by atoms with E-state index in [2.05, 4.69) is 10.4 Å². The van der Waals surface area contributed by atoms with Gasteiger partial charge in [-0.1, -0.05) is 41.9 Å². The molecule has 2 aromatic carbocycles. The molecule has 2 aromatic rings. The molecular formula is C21H22ClN3O4. The third kappa shape index (κ3) is 4.35. The number of amides is 3. The van der Waals surface area contributed by atoms with Gasteiger partial charge in [0.15, 0.2) is 11.5 Å². The Bertz CT molecular complexity index is 948. The van der Waals surface area contributed by atoms with Crippen molar-refractivity contribution in [2.24, 2.45) is 5.10 Å². The number of hydrazone groups is 1. The van der Waals surface area contributed by atoms with Gasteiger partial charge >= 0.3 is 6.03 Å². The molecule has 152 valence electrons. The van der Waals surface area contributed by atoms with Crippen LogP contribution in [0.1, 0.15) is 24.5 Å². The molecule has 0 radical (unpaired) electrons. The number of imide groups is 1. The van der Waals surface area contributed by atoms with Gasteiger partial charge in [0.25, 0.3) is 5.91 Å². The van der Waals surface area contributed by atoms with Gasteiger partial charge in [0, 0.05) is 0 Å². The van der Waals surface area contributed by atoms with Crippen molar-refractivity contribution in [3.05, 3.63) is 58.6 Å². The summed E-state index contributed by atoms with van der Waals surface area (Å²) < 4.78 is 10.4. The quantitative estimate of drug-likeness (QED) is 0.553. The number of urea groups is 1. The molecule has 1 atom stereocenters. The van der Waals surface area contributed by atoms with Crippen LogP contribution in [0.15, 0.2) is 47.6 Å². The van der Waals surface area contributed by atoms with E-state index < -0.39 is 17.5 Å². The molecule has 1 aliphatic heterocycles. The summed E-state index contributed by atoms with van der Waals surface area (Å²) in [4.78, 5) is 25.2. The van der Waals surface area contributed by atoms with Crippen LogP contribution in [0.4, 0.5) is 4.79 Å². The SMILES string of the molecule is COc1cc(/C=N\N2C(=O)N[C@@](C)(CCc3ccccc3)C2=O)cc(Cl)c1OC. The van der Waals surface area contributed by atoms with Crippen LogP contribution in [-0.2, 0) is 11.2 Å². The Kier molecular flexibility index (Phi) is 6.08. The van der Waals surface area contributed by atoms with Crippen molar-refractivity contribution in [2.45, 2.75) is 25.3 Å². The average molecular weight is 416 g/mol. The summed E-state index contributed by atoms with van der Waals surface area (Å²) in [5.74, 6) is 0.419. The Balaban J connectivity index is 1.75. The zero-order valence-corrected chi connectivity index (χ0v) is 17.2. The molecule has 1 fully saturated rings. The predicted molar refractivity (Wildman–Crippen MR) is 111 cm³/mol. The van der Waals surface area contributed by atoms with E-state index in [1.807, 2.05) is 30.3 Å². The lowest BCUT2D eigenvalue weighted by Gasteiger charge is -2.20. The molecule has 8 heteroatoms. The lowest BCUT2D eigenvalue weighted by molar-refractivity contribution is -0.130. The van der Waals surface area contributed by atoms with Gasteiger partial charge in [-0.25, -0.2) is 4.79 Å². The van der Waals surface area contributed by atoms with Gasteiger partial charge < -0.3 is 14.8 Å². The molecular weight excluding hydrogens is 394 g/mol. The van der Waals surface area contributed by atoms with Crippen LogP contribution in [-0.4, -0.2) is 42.9 Å². The van der Waals surface area contributed by atoms with E-state index >= 15 is 0 Å². The number of nitrogens with zero attached hydrogens (tertiary/aromatic N) is 2. The van der Waals surface area contributed by atoms with Gasteiger partial charge in [0.05, 0.1) is 25.5 Å². The minimum absolute atomic E-state index is 0.332. The normalized spacial score (nSPS) is 19.0. The summed E-state index contributed by atoms with van der Waals surface area (Å²) in [7, 11) is 2.98. The van der Waals surface area contributed by atoms with Crippen molar-refractivity contribution in [1.82, 2.24) is 10.3 Å². The second-order valence-electron chi connectivity index (χ2n) is 6.85. The predicted octanol–water partition coefficient (Wildman–Crippen LogP) is 3.63. The number of methoxy groups -OCH3 is 2. The third-order valence-electron chi connectivity index (χ3n) is 4.77. The minimum Gasteiger partial charge on any atom is -0.493 e. The zero-order chi connectivity index (χ0) is 21.0. The molecule has 1 heterocycles. The molecule has 0 unspecified atom stereocenters. The van der Waals surface area contributed by atoms with E-state index in [0.29, 0.717) is 34.9 Å². The summed E-state index contributed by atoms with van der Waals surface area (Å²) in [5, 5.41) is 7.99. The first-order valence-electron chi connectivity index (χ1n) is 9.04. The summed E-state index contributed by atoms with van der Waals surface area (Å²) in [6.07, 6.45) is 2.51. The van der Waals surface area contributed by atoms with Crippen molar-refractivity contribution in [3.8, 4) is 11.5 Å². The average Bonchev–Trinajstić information content (AvgIpc) is 2.93. The van der Waals surface area contributed by atoms with Gasteiger partial charge in [-0.3, -0.25) is 4.79 Å². The number of carbonyl (C=O) groups is 2. The van der Waals surface area contributed by atoms with E-state index in [1.54, 1.807) is 19.1 Å². The number of aryl methyl sites for hydroxylation is 1. The van der Waals surface area contributed by atoms with E-state index in [-0.39, 0.29) is 0 Å². The van der Waals surface area contributed by atoms with Crippen molar-refractivity contribution in [1.29, 1.82) is 0 Å². The first kappa shape index (κ1) is 20.7. The number of hydrogen-bond donors (Lipinski definition) is 1. The molecule has 1 N–H and O–H groups in total. The minimum atomic E-state index is -1.01. The molecule has 0 spiro atoms. The van der Waals surface area contributed by atoms with Crippen molar-refractivity contribution in [2.75, 3.05) is 14.2 Å². The van der Waals surface area contributed by atoms with E-state index in [4.69, 9.17) is 21.1 Å². The van der Waals surface area contributed by atoms with Gasteiger partial charge in [0.2, 0.25) is 0 Å². The monoisotopic (exact) mass is 415 g/mol. The molecule has 29 heavy (non-hydrogen) atoms. The molecule has 7 nitrogen and oxygen atoms in total. The number of halogens is 1. The number of rotatable bonds is 7. The first-order chi connectivity index (χ1) is 13.9. The largest absolute Gasteiger partial charge is 0.493 e. The maximum absolute atomic E-state index is 12.8. The van der Waals surface area contributed by atoms with E-state index in [0.717, 1.165) is 10.6 Å². The van der Waals surface area contributed by atoms with E-state index in [1.165, 1.54) is 20.4 Å². The standard InChI is InChI=1S/C21H22ClN3O4/c1-21(10-9-14-7-5-4-6-8-14)19(26)25(20(27)24-21)23-13-15-11-16(22)18(29-3)17(12-15)28-2/h4-8,11-13H,9-10H2,1-3H3,(H,24,27)/b23-13-/t21-/m0/s1. The van der Waals surface area contributed by atoms with Gasteiger partial charge in [0.1, 0.15) is 5.54 Å². The van der Waals surface area contributed by atoms with Crippen LogP contribution < -0.4 is 14.8 Å². The maximum Gasteiger partial charge on any atom is 0.346 e. The van der Waals surface area contributed by atoms with Gasteiger partial charge in [-0.05, 0) is 43.0 Å². The highest BCUT2D eigenvalue weighted by atomic mass is 35.5. The summed E-state index contributed by atoms with van der Waals surface area (Å²) in [5.41, 5.74) is 0.642. The molecule has 0 aliphatic carbocycles. The molecule has 3 amide bonds. The van der Waals surface area contributed by atoms with Crippen molar-refractivity contribution < 1.29 is 19.1 Å². The molecule has 1 aliphatic rings. The Morgan fingerprint density at radius 1 is 1.17 bits per heavy atom. The fraction of sp³-hybridized carbons (Fsp3) is 0.286. The fourth-order valence-corrected chi connectivity index (χ4v) is 3.41. The smallest absolute Gasteiger partial charge is 0.346 e. The highest BCUT2D eigenvalue weighted by molar-refractivity contribution is 6.32. The fourth-order valence-electron chi connectivity index (χ4n) is 3.12. The summed E-state index contributed by atoms with van der Waals surface area (Å²) in [6.45, 7) is 1.71. The van der Waals surface area contributed by atoms with Crippen LogP contribution in [0.5, 0.6) is 11.5 Å². The van der Waals surface area contributed by atoms with E-state index in [9.17, 15) is 9.59 Å². The third-order valence-corrected chi connectivity index (χ3v) is 5.06. The van der Waals surface area contributed by atoms with Crippen LogP contribution in [0.3, 0.4) is 0 Å². The highest BCUT2D eigenvalue weighted by Crippen LogP contribution is 2.35. The Hall–Kier alpha value is -3.06. The van der Waals surface area contributed by atoms with Crippen molar-refractivity contribution >= 4 is 29.8 Å². The number of nitrogens with one attached hydrogen (secondary N) is 1. The van der Waals surface area contributed by atoms with Crippen molar-refractivity contribution in [3.63, 3.8) is 0 Å². The maximum atomic E-state index is 12.8. The summed E-state index contributed by atoms with van der Waals surface area (Å²) in [6, 6.07) is 12.5. The number of hydrogen-bond acceptors (Lipinski definition) is 5. The van der Waals surface area contributed by atoms with Crippen LogP contribution in [0, 0.1) is 0 Å². The second-order valence-corrected chi connectivity index (χ2v) is 7.25. The first-order valence-corrected chi connectivity index (χ1v) is 9.42. The highest BCUT2D eigenvalue weighted by Gasteiger charge is 2.47. The van der Waals surface area contributed by atoms with Crippen LogP contribution >= 0.6 is 11.6 Å². The number of carbonyl (C=O) groups excluding carboxylic acids is 2. The van der Waals surface area contributed by atoms with Crippen LogP contribution in [0.25, 0.3) is 0 Å². The van der Waals surface area contributed by atoms with Gasteiger partial charge in [-0.15, -0.1) is 5.01 Å². The number of ether oxygens (including phenoxy) is 2. The topological polar surface area (TPSA) is 80.2 Å². The molecule has 3 rings (SSSR count). The molecule has 1 saturated heterocycles. The Morgan fingerprint density at radius 2 is 1.90 bits per heavy atom.